The molecule has 0 aliphatic carbocycles. The van der Waals surface area contributed by atoms with E-state index in [9.17, 15) is 10.1 Å². The number of rotatable bonds is 4. The fourth-order valence-corrected chi connectivity index (χ4v) is 2.89. The molecule has 1 unspecified atom stereocenters. The third kappa shape index (κ3) is 3.37. The Morgan fingerprint density at radius 1 is 1.32 bits per heavy atom. The Hall–Kier alpha value is -1.30. The summed E-state index contributed by atoms with van der Waals surface area (Å²) in [5.41, 5.74) is 0.631. The number of hydrogen-bond donors (Lipinski definition) is 1. The van der Waals surface area contributed by atoms with Crippen LogP contribution in [-0.2, 0) is 0 Å². The molecule has 1 heterocycles. The molecular weight excluding hydrogens is 307 g/mol. The number of non-ortho nitro benzene ring substituents is 1. The van der Waals surface area contributed by atoms with Crippen LogP contribution in [0.5, 0.6) is 0 Å². The molecule has 7 heteroatoms. The number of halogens is 2. The third-order valence-electron chi connectivity index (χ3n) is 2.56. The summed E-state index contributed by atoms with van der Waals surface area (Å²) < 4.78 is 0.721. The lowest BCUT2D eigenvalue weighted by Crippen LogP contribution is -2.05. The Morgan fingerprint density at radius 3 is 2.58 bits per heavy atom. The zero-order valence-corrected chi connectivity index (χ0v) is 12.2. The highest BCUT2D eigenvalue weighted by Crippen LogP contribution is 2.32. The van der Waals surface area contributed by atoms with Crippen LogP contribution in [0, 0.1) is 10.1 Å². The number of nitrogens with zero attached hydrogens (tertiary/aromatic N) is 1. The first kappa shape index (κ1) is 14.1. The average molecular weight is 317 g/mol. The molecular formula is C12H10Cl2N2O2S. The number of anilines is 1. The number of nitro groups is 1. The smallest absolute Gasteiger partial charge is 0.271 e. The lowest BCUT2D eigenvalue weighted by atomic mass is 10.2. The number of nitro benzene ring substituents is 1. The molecule has 0 aliphatic rings. The van der Waals surface area contributed by atoms with Crippen LogP contribution in [0.4, 0.5) is 11.4 Å². The van der Waals surface area contributed by atoms with Gasteiger partial charge in [0.2, 0.25) is 0 Å². The second kappa shape index (κ2) is 5.77. The van der Waals surface area contributed by atoms with Crippen LogP contribution in [-0.4, -0.2) is 4.92 Å². The van der Waals surface area contributed by atoms with E-state index in [1.807, 2.05) is 19.1 Å². The van der Waals surface area contributed by atoms with Crippen molar-refractivity contribution in [3.8, 4) is 0 Å². The molecule has 19 heavy (non-hydrogen) atoms. The fourth-order valence-electron chi connectivity index (χ4n) is 1.60. The van der Waals surface area contributed by atoms with Crippen molar-refractivity contribution in [1.29, 1.82) is 0 Å². The van der Waals surface area contributed by atoms with Gasteiger partial charge in [0.15, 0.2) is 0 Å². The maximum absolute atomic E-state index is 10.6. The van der Waals surface area contributed by atoms with Crippen LogP contribution >= 0.6 is 34.5 Å². The molecule has 0 radical (unpaired) electrons. The van der Waals surface area contributed by atoms with Crippen LogP contribution in [0.1, 0.15) is 17.8 Å². The molecule has 0 spiro atoms. The molecule has 1 N–H and O–H groups in total. The van der Waals surface area contributed by atoms with Gasteiger partial charge in [0.25, 0.3) is 5.69 Å². The minimum Gasteiger partial charge on any atom is -0.376 e. The molecule has 1 atom stereocenters. The molecule has 0 saturated carbocycles. The maximum Gasteiger partial charge on any atom is 0.271 e. The van der Waals surface area contributed by atoms with Crippen LogP contribution in [0.25, 0.3) is 0 Å². The van der Waals surface area contributed by atoms with Crippen molar-refractivity contribution < 1.29 is 4.92 Å². The lowest BCUT2D eigenvalue weighted by Gasteiger charge is -2.14. The monoisotopic (exact) mass is 316 g/mol. The quantitative estimate of drug-likeness (QED) is 0.628. The third-order valence-corrected chi connectivity index (χ3v) is 4.28. The number of nitrogens with one attached hydrogen (secondary N) is 1. The van der Waals surface area contributed by atoms with Crippen molar-refractivity contribution in [2.45, 2.75) is 13.0 Å². The minimum atomic E-state index is -0.474. The molecule has 1 aromatic heterocycles. The number of benzene rings is 1. The van der Waals surface area contributed by atoms with Gasteiger partial charge in [-0.3, -0.25) is 10.1 Å². The van der Waals surface area contributed by atoms with Gasteiger partial charge in [-0.1, -0.05) is 23.2 Å². The Kier molecular flexibility index (Phi) is 4.29. The Bertz CT molecular complexity index is 616. The number of hydrogen-bond acceptors (Lipinski definition) is 4. The molecule has 2 rings (SSSR count). The van der Waals surface area contributed by atoms with Crippen molar-refractivity contribution in [3.63, 3.8) is 0 Å². The predicted molar refractivity (Wildman–Crippen MR) is 79.5 cm³/mol. The number of thiophene rings is 1. The van der Waals surface area contributed by atoms with E-state index in [1.54, 1.807) is 6.07 Å². The molecule has 100 valence electrons. The fraction of sp³-hybridized carbons (Fsp3) is 0.167. The molecule has 4 nitrogen and oxygen atoms in total. The minimum absolute atomic E-state index is 0.0245. The summed E-state index contributed by atoms with van der Waals surface area (Å²) in [5, 5.41) is 14.2. The summed E-state index contributed by atoms with van der Waals surface area (Å²) in [4.78, 5) is 11.2. The van der Waals surface area contributed by atoms with E-state index in [0.717, 1.165) is 9.21 Å². The maximum atomic E-state index is 10.6. The second-order valence-electron chi connectivity index (χ2n) is 3.93. The van der Waals surface area contributed by atoms with Crippen molar-refractivity contribution in [1.82, 2.24) is 0 Å². The first-order valence-corrected chi connectivity index (χ1v) is 7.00. The molecule has 0 saturated heterocycles. The van der Waals surface area contributed by atoms with Crippen molar-refractivity contribution in [3.05, 3.63) is 54.7 Å². The zero-order valence-electron chi connectivity index (χ0n) is 9.89. The van der Waals surface area contributed by atoms with Gasteiger partial charge < -0.3 is 5.32 Å². The normalized spacial score (nSPS) is 12.2. The summed E-state index contributed by atoms with van der Waals surface area (Å²) in [7, 11) is 0. The first-order valence-electron chi connectivity index (χ1n) is 5.43. The lowest BCUT2D eigenvalue weighted by molar-refractivity contribution is -0.384. The molecule has 0 aliphatic heterocycles. The van der Waals surface area contributed by atoms with Crippen LogP contribution in [0.2, 0.25) is 9.36 Å². The van der Waals surface area contributed by atoms with Gasteiger partial charge in [-0.25, -0.2) is 0 Å². The standard InChI is InChI=1S/C12H10Cl2N2O2S/c1-7(11-4-5-12(14)19-11)15-10-3-2-8(16(17)18)6-9(10)13/h2-7,15H,1H3. The largest absolute Gasteiger partial charge is 0.376 e. The second-order valence-corrected chi connectivity index (χ2v) is 6.08. The van der Waals surface area contributed by atoms with E-state index in [0.29, 0.717) is 10.7 Å². The van der Waals surface area contributed by atoms with Crippen LogP contribution in [0.3, 0.4) is 0 Å². The van der Waals surface area contributed by atoms with Gasteiger partial charge >= 0.3 is 0 Å². The highest BCUT2D eigenvalue weighted by Gasteiger charge is 2.13. The van der Waals surface area contributed by atoms with E-state index in [1.165, 1.54) is 23.5 Å². The molecule has 0 amide bonds. The van der Waals surface area contributed by atoms with Crippen LogP contribution in [0.15, 0.2) is 30.3 Å². The summed E-state index contributed by atoms with van der Waals surface area (Å²) in [6, 6.07) is 8.14. The topological polar surface area (TPSA) is 55.2 Å². The first-order chi connectivity index (χ1) is 8.97. The van der Waals surface area contributed by atoms with E-state index < -0.39 is 4.92 Å². The predicted octanol–water partition coefficient (Wildman–Crippen LogP) is 5.14. The van der Waals surface area contributed by atoms with Gasteiger partial charge in [-0.05, 0) is 25.1 Å². The van der Waals surface area contributed by atoms with Gasteiger partial charge in [0, 0.05) is 17.0 Å². The van der Waals surface area contributed by atoms with Crippen molar-refractivity contribution >= 4 is 45.9 Å². The molecule has 2 aromatic rings. The summed E-state index contributed by atoms with van der Waals surface area (Å²) in [5.74, 6) is 0. The van der Waals surface area contributed by atoms with Crippen molar-refractivity contribution in [2.75, 3.05) is 5.32 Å². The van der Waals surface area contributed by atoms with Gasteiger partial charge in [-0.15, -0.1) is 11.3 Å². The molecule has 1 aromatic carbocycles. The van der Waals surface area contributed by atoms with Crippen molar-refractivity contribution in [2.24, 2.45) is 0 Å². The van der Waals surface area contributed by atoms with Gasteiger partial charge in [0.1, 0.15) is 0 Å². The van der Waals surface area contributed by atoms with Gasteiger partial charge in [0.05, 0.1) is 26.0 Å². The SMILES string of the molecule is CC(Nc1ccc([N+](=O)[O-])cc1Cl)c1ccc(Cl)s1. The van der Waals surface area contributed by atoms with E-state index in [-0.39, 0.29) is 11.7 Å². The zero-order chi connectivity index (χ0) is 14.0. The molecule has 0 fully saturated rings. The van der Waals surface area contributed by atoms with E-state index in [2.05, 4.69) is 5.32 Å². The summed E-state index contributed by atoms with van der Waals surface area (Å²) in [6.07, 6.45) is 0. The Labute approximate surface area is 124 Å². The average Bonchev–Trinajstić information content (AvgIpc) is 2.78. The Morgan fingerprint density at radius 2 is 2.05 bits per heavy atom. The van der Waals surface area contributed by atoms with Crippen LogP contribution < -0.4 is 5.32 Å². The van der Waals surface area contributed by atoms with E-state index in [4.69, 9.17) is 23.2 Å². The Balaban J connectivity index is 2.17. The highest BCUT2D eigenvalue weighted by molar-refractivity contribution is 7.16. The van der Waals surface area contributed by atoms with E-state index >= 15 is 0 Å². The highest BCUT2D eigenvalue weighted by atomic mass is 35.5. The summed E-state index contributed by atoms with van der Waals surface area (Å²) >= 11 is 13.4. The molecule has 0 bridgehead atoms. The van der Waals surface area contributed by atoms with Gasteiger partial charge in [-0.2, -0.15) is 0 Å². The summed E-state index contributed by atoms with van der Waals surface area (Å²) in [6.45, 7) is 1.97.